The Hall–Kier alpha value is -2.22. The number of benzene rings is 1. The zero-order chi connectivity index (χ0) is 17.6. The van der Waals surface area contributed by atoms with E-state index in [2.05, 4.69) is 20.7 Å². The van der Waals surface area contributed by atoms with E-state index in [4.69, 9.17) is 0 Å². The van der Waals surface area contributed by atoms with Crippen LogP contribution in [0.5, 0.6) is 0 Å². The van der Waals surface area contributed by atoms with Crippen molar-refractivity contribution in [3.63, 3.8) is 0 Å². The molecular formula is C18H20Cl2FN5O. The molecule has 6 nitrogen and oxygen atoms in total. The maximum atomic E-state index is 14.7. The van der Waals surface area contributed by atoms with E-state index >= 15 is 0 Å². The van der Waals surface area contributed by atoms with E-state index in [9.17, 15) is 9.18 Å². The van der Waals surface area contributed by atoms with Gasteiger partial charge in [0.05, 0.1) is 16.9 Å². The predicted octanol–water partition coefficient (Wildman–Crippen LogP) is 3.16. The maximum Gasteiger partial charge on any atom is 0.257 e. The molecule has 3 aromatic rings. The zero-order valence-electron chi connectivity index (χ0n) is 14.9. The number of amides is 1. The fourth-order valence-corrected chi connectivity index (χ4v) is 3.26. The standard InChI is InChI=1S/C18H18FN5O.2ClH/c1-10-14-7-12(9-21-17(14)24(2)23-10)18(25)22-15-4-3-11-8-20-6-5-13(11)16(15)19;;/h3-4,7,9,20H,5-6,8H2,1-2H3,(H,22,25);2*1H. The van der Waals surface area contributed by atoms with E-state index in [0.29, 0.717) is 29.7 Å². The van der Waals surface area contributed by atoms with Gasteiger partial charge in [0.2, 0.25) is 0 Å². The van der Waals surface area contributed by atoms with E-state index in [1.807, 2.05) is 13.0 Å². The van der Waals surface area contributed by atoms with Gasteiger partial charge in [-0.15, -0.1) is 24.8 Å². The third-order valence-electron chi connectivity index (χ3n) is 4.58. The summed E-state index contributed by atoms with van der Waals surface area (Å²) in [6.45, 7) is 3.26. The molecule has 0 saturated heterocycles. The molecule has 0 atom stereocenters. The monoisotopic (exact) mass is 411 g/mol. The van der Waals surface area contributed by atoms with E-state index in [1.165, 1.54) is 6.20 Å². The third-order valence-corrected chi connectivity index (χ3v) is 4.58. The lowest BCUT2D eigenvalue weighted by molar-refractivity contribution is 0.102. The average molecular weight is 412 g/mol. The molecule has 2 N–H and O–H groups in total. The van der Waals surface area contributed by atoms with Crippen LogP contribution >= 0.6 is 24.8 Å². The first kappa shape index (κ1) is 21.1. The van der Waals surface area contributed by atoms with Gasteiger partial charge in [0.25, 0.3) is 5.91 Å². The van der Waals surface area contributed by atoms with Crippen LogP contribution in [0.25, 0.3) is 11.0 Å². The highest BCUT2D eigenvalue weighted by molar-refractivity contribution is 6.05. The maximum absolute atomic E-state index is 14.7. The number of pyridine rings is 1. The second kappa shape index (κ2) is 8.21. The molecule has 144 valence electrons. The van der Waals surface area contributed by atoms with Gasteiger partial charge in [-0.2, -0.15) is 5.10 Å². The molecule has 3 heterocycles. The number of halogens is 3. The highest BCUT2D eigenvalue weighted by Crippen LogP contribution is 2.25. The van der Waals surface area contributed by atoms with Crippen molar-refractivity contribution < 1.29 is 9.18 Å². The lowest BCUT2D eigenvalue weighted by atomic mass is 9.99. The Bertz CT molecular complexity index is 1010. The van der Waals surface area contributed by atoms with Gasteiger partial charge >= 0.3 is 0 Å². The van der Waals surface area contributed by atoms with Gasteiger partial charge in [-0.3, -0.25) is 9.48 Å². The number of fused-ring (bicyclic) bond motifs is 2. The molecular weight excluding hydrogens is 392 g/mol. The number of anilines is 1. The summed E-state index contributed by atoms with van der Waals surface area (Å²) in [5, 5.41) is 11.0. The first-order chi connectivity index (χ1) is 12.0. The summed E-state index contributed by atoms with van der Waals surface area (Å²) in [5.41, 5.74) is 3.70. The van der Waals surface area contributed by atoms with Gasteiger partial charge in [-0.25, -0.2) is 9.37 Å². The number of nitrogens with zero attached hydrogens (tertiary/aromatic N) is 3. The molecule has 4 rings (SSSR count). The summed E-state index contributed by atoms with van der Waals surface area (Å²) in [6.07, 6.45) is 2.10. The van der Waals surface area contributed by atoms with Crippen molar-refractivity contribution in [2.75, 3.05) is 11.9 Å². The van der Waals surface area contributed by atoms with Crippen LogP contribution in [0.4, 0.5) is 10.1 Å². The molecule has 0 saturated carbocycles. The Balaban J connectivity index is 0.00000131. The molecule has 1 aliphatic heterocycles. The van der Waals surface area contributed by atoms with Gasteiger partial charge < -0.3 is 10.6 Å². The van der Waals surface area contributed by atoms with Crippen LogP contribution in [0.15, 0.2) is 24.4 Å². The van der Waals surface area contributed by atoms with Gasteiger partial charge in [0, 0.05) is 25.2 Å². The smallest absolute Gasteiger partial charge is 0.257 e. The molecule has 2 aromatic heterocycles. The Labute approximate surface area is 168 Å². The molecule has 0 unspecified atom stereocenters. The zero-order valence-corrected chi connectivity index (χ0v) is 16.5. The molecule has 27 heavy (non-hydrogen) atoms. The minimum atomic E-state index is -0.384. The summed E-state index contributed by atoms with van der Waals surface area (Å²) in [6, 6.07) is 5.20. The lowest BCUT2D eigenvalue weighted by Crippen LogP contribution is -2.25. The first-order valence-corrected chi connectivity index (χ1v) is 8.16. The van der Waals surface area contributed by atoms with Crippen molar-refractivity contribution in [2.45, 2.75) is 19.9 Å². The fourth-order valence-electron chi connectivity index (χ4n) is 3.26. The van der Waals surface area contributed by atoms with Crippen LogP contribution in [0, 0.1) is 12.7 Å². The quantitative estimate of drug-likeness (QED) is 0.679. The topological polar surface area (TPSA) is 71.8 Å². The van der Waals surface area contributed by atoms with E-state index < -0.39 is 0 Å². The molecule has 0 aliphatic carbocycles. The highest BCUT2D eigenvalue weighted by Gasteiger charge is 2.18. The summed E-state index contributed by atoms with van der Waals surface area (Å²) < 4.78 is 16.3. The normalized spacial score (nSPS) is 12.7. The Morgan fingerprint density at radius 3 is 2.89 bits per heavy atom. The van der Waals surface area contributed by atoms with E-state index in [1.54, 1.807) is 23.9 Å². The summed E-state index contributed by atoms with van der Waals surface area (Å²) in [7, 11) is 1.80. The number of hydrogen-bond donors (Lipinski definition) is 2. The number of hydrogen-bond acceptors (Lipinski definition) is 4. The Kier molecular flexibility index (Phi) is 6.41. The van der Waals surface area contributed by atoms with Gasteiger partial charge in [-0.05, 0) is 43.1 Å². The van der Waals surface area contributed by atoms with Crippen molar-refractivity contribution >= 4 is 47.4 Å². The first-order valence-electron chi connectivity index (χ1n) is 8.16. The molecule has 9 heteroatoms. The predicted molar refractivity (Wildman–Crippen MR) is 108 cm³/mol. The minimum Gasteiger partial charge on any atom is -0.319 e. The Morgan fingerprint density at radius 2 is 2.11 bits per heavy atom. The van der Waals surface area contributed by atoms with Crippen LogP contribution in [0.2, 0.25) is 0 Å². The van der Waals surface area contributed by atoms with Crippen molar-refractivity contribution in [3.8, 4) is 0 Å². The molecule has 0 spiro atoms. The number of rotatable bonds is 2. The van der Waals surface area contributed by atoms with Crippen LogP contribution in [-0.2, 0) is 20.0 Å². The number of carbonyl (C=O) groups excluding carboxylic acids is 1. The molecule has 1 aliphatic rings. The van der Waals surface area contributed by atoms with E-state index in [-0.39, 0.29) is 42.2 Å². The van der Waals surface area contributed by atoms with E-state index in [0.717, 1.165) is 23.2 Å². The van der Waals surface area contributed by atoms with Crippen molar-refractivity contribution in [1.82, 2.24) is 20.1 Å². The number of aromatic nitrogens is 3. The van der Waals surface area contributed by atoms with Crippen LogP contribution in [0.1, 0.15) is 27.2 Å². The van der Waals surface area contributed by atoms with Crippen molar-refractivity contribution in [3.05, 3.63) is 52.6 Å². The van der Waals surface area contributed by atoms with Crippen molar-refractivity contribution in [1.29, 1.82) is 0 Å². The second-order valence-electron chi connectivity index (χ2n) is 6.25. The fraction of sp³-hybridized carbons (Fsp3) is 0.278. The van der Waals surface area contributed by atoms with Crippen LogP contribution < -0.4 is 10.6 Å². The minimum absolute atomic E-state index is 0. The number of nitrogens with one attached hydrogen (secondary N) is 2. The highest BCUT2D eigenvalue weighted by atomic mass is 35.5. The Morgan fingerprint density at radius 1 is 1.33 bits per heavy atom. The molecule has 0 radical (unpaired) electrons. The summed E-state index contributed by atoms with van der Waals surface area (Å²) >= 11 is 0. The lowest BCUT2D eigenvalue weighted by Gasteiger charge is -2.19. The largest absolute Gasteiger partial charge is 0.319 e. The van der Waals surface area contributed by atoms with Gasteiger partial charge in [0.1, 0.15) is 5.82 Å². The molecule has 0 bridgehead atoms. The molecule has 1 aromatic carbocycles. The third kappa shape index (κ3) is 3.76. The number of carbonyl (C=O) groups is 1. The molecule has 1 amide bonds. The van der Waals surface area contributed by atoms with Crippen LogP contribution in [-0.4, -0.2) is 27.2 Å². The number of aryl methyl sites for hydroxylation is 2. The molecule has 0 fully saturated rings. The second-order valence-corrected chi connectivity index (χ2v) is 6.25. The van der Waals surface area contributed by atoms with Crippen LogP contribution in [0.3, 0.4) is 0 Å². The van der Waals surface area contributed by atoms with Gasteiger partial charge in [0.15, 0.2) is 5.65 Å². The average Bonchev–Trinajstić information content (AvgIpc) is 2.91. The SMILES string of the molecule is Cc1nn(C)c2ncc(C(=O)Nc3ccc4c(c3F)CCNC4)cc12.Cl.Cl. The van der Waals surface area contributed by atoms with Crippen molar-refractivity contribution in [2.24, 2.45) is 7.05 Å². The summed E-state index contributed by atoms with van der Waals surface area (Å²) in [5.74, 6) is -0.732. The van der Waals surface area contributed by atoms with Gasteiger partial charge in [-0.1, -0.05) is 6.07 Å². The summed E-state index contributed by atoms with van der Waals surface area (Å²) in [4.78, 5) is 16.8.